The molecule has 0 N–H and O–H groups in total. The maximum Gasteiger partial charge on any atom is 0.331 e. The number of esters is 8. The monoisotopic (exact) mass is 784 g/mol. The van der Waals surface area contributed by atoms with Gasteiger partial charge >= 0.3 is 47.8 Å². The standard InChI is InChI=1S/C38H40O18/c1-19(39)49-27-13-9-25(17-29(27)47-7)11-15-31(45)55-37-34(52-22(4)42)33(51-21(3)41)35(53-23(5)43)38(36(37)54-24(6)44)56-32(46)16-12-26-10-14-28(50-20(2)40)30(18-26)48-8/h9-18,33-38H,1-8H3/b15-11+,16-12+/t33?,34-,35+,36?,37+,38-. The molecule has 0 saturated heterocycles. The van der Waals surface area contributed by atoms with Crippen molar-refractivity contribution in [2.75, 3.05) is 14.2 Å². The molecule has 18 heteroatoms. The second-order valence-electron chi connectivity index (χ2n) is 11.8. The number of hydrogen-bond acceptors (Lipinski definition) is 18. The summed E-state index contributed by atoms with van der Waals surface area (Å²) in [5, 5.41) is 0. The highest BCUT2D eigenvalue weighted by molar-refractivity contribution is 5.88. The van der Waals surface area contributed by atoms with Crippen LogP contribution in [0.1, 0.15) is 52.7 Å². The van der Waals surface area contributed by atoms with Gasteiger partial charge in [0.15, 0.2) is 59.6 Å². The van der Waals surface area contributed by atoms with Gasteiger partial charge in [0.05, 0.1) is 14.2 Å². The maximum atomic E-state index is 13.4. The summed E-state index contributed by atoms with van der Waals surface area (Å²) < 4.78 is 53.8. The van der Waals surface area contributed by atoms with Gasteiger partial charge in [-0.2, -0.15) is 0 Å². The molecule has 18 nitrogen and oxygen atoms in total. The van der Waals surface area contributed by atoms with Crippen molar-refractivity contribution < 1.29 is 85.7 Å². The average molecular weight is 785 g/mol. The summed E-state index contributed by atoms with van der Waals surface area (Å²) in [6, 6.07) is 8.70. The van der Waals surface area contributed by atoms with Crippen LogP contribution in [-0.2, 0) is 66.8 Å². The number of hydrogen-bond donors (Lipinski definition) is 0. The lowest BCUT2D eigenvalue weighted by Gasteiger charge is -2.46. The molecule has 0 heterocycles. The first-order valence-corrected chi connectivity index (χ1v) is 16.6. The van der Waals surface area contributed by atoms with E-state index in [0.29, 0.717) is 11.1 Å². The number of carbonyl (C=O) groups is 8. The number of benzene rings is 2. The van der Waals surface area contributed by atoms with E-state index in [9.17, 15) is 38.4 Å². The molecule has 0 bridgehead atoms. The van der Waals surface area contributed by atoms with E-state index in [0.717, 1.165) is 39.8 Å². The first kappa shape index (κ1) is 43.7. The fourth-order valence-electron chi connectivity index (χ4n) is 5.42. The Labute approximate surface area is 320 Å². The molecule has 1 saturated carbocycles. The van der Waals surface area contributed by atoms with Crippen LogP contribution in [0.25, 0.3) is 12.2 Å². The fourth-order valence-corrected chi connectivity index (χ4v) is 5.42. The molecule has 1 aliphatic rings. The summed E-state index contributed by atoms with van der Waals surface area (Å²) in [6.07, 6.45) is -6.45. The Hall–Kier alpha value is -6.72. The number of rotatable bonds is 14. The van der Waals surface area contributed by atoms with Crippen molar-refractivity contribution in [2.24, 2.45) is 0 Å². The summed E-state index contributed by atoms with van der Waals surface area (Å²) in [4.78, 5) is 99.3. The first-order valence-electron chi connectivity index (χ1n) is 16.6. The predicted octanol–water partition coefficient (Wildman–Crippen LogP) is 2.85. The molecule has 1 aliphatic carbocycles. The molecule has 2 aromatic rings. The van der Waals surface area contributed by atoms with E-state index in [2.05, 4.69) is 0 Å². The normalized spacial score (nSPS) is 20.2. The molecule has 0 radical (unpaired) electrons. The van der Waals surface area contributed by atoms with Gasteiger partial charge in [0.2, 0.25) is 0 Å². The van der Waals surface area contributed by atoms with Crippen LogP contribution in [0.3, 0.4) is 0 Å². The number of methoxy groups -OCH3 is 2. The summed E-state index contributed by atoms with van der Waals surface area (Å²) in [5.74, 6) is -6.78. The van der Waals surface area contributed by atoms with Crippen molar-refractivity contribution in [3.8, 4) is 23.0 Å². The van der Waals surface area contributed by atoms with Crippen LogP contribution in [-0.4, -0.2) is 98.6 Å². The molecule has 0 aliphatic heterocycles. The summed E-state index contributed by atoms with van der Waals surface area (Å²) in [7, 11) is 2.67. The van der Waals surface area contributed by atoms with Gasteiger partial charge in [-0.05, 0) is 47.5 Å². The average Bonchev–Trinajstić information content (AvgIpc) is 3.10. The van der Waals surface area contributed by atoms with Crippen LogP contribution in [0.2, 0.25) is 0 Å². The molecule has 56 heavy (non-hydrogen) atoms. The first-order chi connectivity index (χ1) is 26.4. The van der Waals surface area contributed by atoms with Gasteiger partial charge in [0.1, 0.15) is 0 Å². The van der Waals surface area contributed by atoms with E-state index in [-0.39, 0.29) is 23.0 Å². The van der Waals surface area contributed by atoms with E-state index >= 15 is 0 Å². The van der Waals surface area contributed by atoms with Crippen molar-refractivity contribution in [1.29, 1.82) is 0 Å². The van der Waals surface area contributed by atoms with E-state index < -0.39 is 84.4 Å². The highest BCUT2D eigenvalue weighted by atomic mass is 16.7. The molecule has 0 amide bonds. The van der Waals surface area contributed by atoms with Crippen LogP contribution in [0, 0.1) is 0 Å². The van der Waals surface area contributed by atoms with E-state index in [1.54, 1.807) is 0 Å². The van der Waals surface area contributed by atoms with E-state index in [4.69, 9.17) is 47.4 Å². The molecule has 300 valence electrons. The third-order valence-corrected chi connectivity index (χ3v) is 7.36. The molecular weight excluding hydrogens is 744 g/mol. The quantitative estimate of drug-likeness (QED) is 0.116. The Morgan fingerprint density at radius 2 is 0.696 bits per heavy atom. The minimum atomic E-state index is -1.85. The topological polar surface area (TPSA) is 229 Å². The van der Waals surface area contributed by atoms with Crippen molar-refractivity contribution in [1.82, 2.24) is 0 Å². The molecule has 0 aromatic heterocycles. The zero-order valence-corrected chi connectivity index (χ0v) is 31.6. The molecule has 2 unspecified atom stereocenters. The van der Waals surface area contributed by atoms with Crippen LogP contribution in [0.4, 0.5) is 0 Å². The molecule has 0 spiro atoms. The Kier molecular flexibility index (Phi) is 15.7. The zero-order chi connectivity index (χ0) is 41.7. The van der Waals surface area contributed by atoms with Crippen molar-refractivity contribution >= 4 is 59.9 Å². The van der Waals surface area contributed by atoms with Crippen molar-refractivity contribution in [2.45, 2.75) is 78.2 Å². The number of ether oxygens (including phenoxy) is 10. The van der Waals surface area contributed by atoms with Gasteiger partial charge < -0.3 is 47.4 Å². The second kappa shape index (κ2) is 20.1. The van der Waals surface area contributed by atoms with E-state index in [1.807, 2.05) is 0 Å². The molecule has 3 rings (SSSR count). The SMILES string of the molecule is COc1cc(/C=C/C(=O)O[C@@H]2C(OC(C)=O)[C@H](OC(=O)/C=C/c3ccc(OC(C)=O)c(OC)c3)[C@@H](OC(C)=O)C(OC(C)=O)[C@H]2OC(C)=O)ccc1OC(C)=O. The van der Waals surface area contributed by atoms with Gasteiger partial charge in [0.25, 0.3) is 0 Å². The largest absolute Gasteiger partial charge is 0.493 e. The predicted molar refractivity (Wildman–Crippen MR) is 189 cm³/mol. The lowest BCUT2D eigenvalue weighted by Crippen LogP contribution is -2.68. The Morgan fingerprint density at radius 1 is 0.411 bits per heavy atom. The lowest BCUT2D eigenvalue weighted by atomic mass is 9.83. The summed E-state index contributed by atoms with van der Waals surface area (Å²) >= 11 is 0. The molecular formula is C38H40O18. The van der Waals surface area contributed by atoms with E-state index in [1.165, 1.54) is 76.6 Å². The van der Waals surface area contributed by atoms with Crippen LogP contribution in [0.5, 0.6) is 23.0 Å². The highest BCUT2D eigenvalue weighted by Gasteiger charge is 2.60. The Morgan fingerprint density at radius 3 is 0.946 bits per heavy atom. The second-order valence-corrected chi connectivity index (χ2v) is 11.8. The molecule has 2 aromatic carbocycles. The van der Waals surface area contributed by atoms with Crippen molar-refractivity contribution in [3.63, 3.8) is 0 Å². The third-order valence-electron chi connectivity index (χ3n) is 7.36. The highest BCUT2D eigenvalue weighted by Crippen LogP contribution is 2.35. The Balaban J connectivity index is 2.08. The number of carbonyl (C=O) groups excluding carboxylic acids is 8. The summed E-state index contributed by atoms with van der Waals surface area (Å²) in [5.41, 5.74) is 0.743. The smallest absolute Gasteiger partial charge is 0.331 e. The van der Waals surface area contributed by atoms with Gasteiger partial charge in [-0.1, -0.05) is 12.1 Å². The molecule has 6 atom stereocenters. The Bertz CT molecular complexity index is 1770. The van der Waals surface area contributed by atoms with Crippen LogP contribution < -0.4 is 18.9 Å². The van der Waals surface area contributed by atoms with Crippen molar-refractivity contribution in [3.05, 3.63) is 59.7 Å². The maximum absolute atomic E-state index is 13.4. The van der Waals surface area contributed by atoms with Gasteiger partial charge in [-0.25, -0.2) is 9.59 Å². The minimum absolute atomic E-state index is 0.113. The van der Waals surface area contributed by atoms with Gasteiger partial charge in [-0.15, -0.1) is 0 Å². The summed E-state index contributed by atoms with van der Waals surface area (Å²) in [6.45, 7) is 6.36. The molecule has 1 fully saturated rings. The van der Waals surface area contributed by atoms with Gasteiger partial charge in [0, 0.05) is 53.7 Å². The fraction of sp³-hybridized carbons (Fsp3) is 0.368. The van der Waals surface area contributed by atoms with Crippen LogP contribution >= 0.6 is 0 Å². The zero-order valence-electron chi connectivity index (χ0n) is 31.6. The van der Waals surface area contributed by atoms with Gasteiger partial charge in [-0.3, -0.25) is 28.8 Å². The van der Waals surface area contributed by atoms with Crippen LogP contribution in [0.15, 0.2) is 48.6 Å². The lowest BCUT2D eigenvalue weighted by molar-refractivity contribution is -0.258. The minimum Gasteiger partial charge on any atom is -0.493 e. The third kappa shape index (κ3) is 12.7.